The summed E-state index contributed by atoms with van der Waals surface area (Å²) in [5, 5.41) is 24.3. The molecule has 1 aromatic carbocycles. The van der Waals surface area contributed by atoms with E-state index in [2.05, 4.69) is 38.1 Å². The van der Waals surface area contributed by atoms with E-state index in [-0.39, 0.29) is 17.9 Å². The number of fused-ring (bicyclic) bond motifs is 1. The summed E-state index contributed by atoms with van der Waals surface area (Å²) in [5.41, 5.74) is 3.13. The van der Waals surface area contributed by atoms with Crippen molar-refractivity contribution in [2.24, 2.45) is 0 Å². The number of pyridine rings is 1. The van der Waals surface area contributed by atoms with Crippen molar-refractivity contribution in [2.45, 2.75) is 56.7 Å². The number of halogens is 6. The maximum absolute atomic E-state index is 12.7. The lowest BCUT2D eigenvalue weighted by molar-refractivity contribution is -0.193. The van der Waals surface area contributed by atoms with Gasteiger partial charge in [-0.15, -0.1) is 0 Å². The van der Waals surface area contributed by atoms with Crippen LogP contribution in [0.15, 0.2) is 54.9 Å². The molecule has 2 amide bonds. The van der Waals surface area contributed by atoms with Crippen molar-refractivity contribution in [1.82, 2.24) is 25.9 Å². The number of rotatable bonds is 6. The molecule has 0 spiro atoms. The average molecular weight is 634 g/mol. The molecule has 17 heteroatoms. The molecule has 4 rings (SSSR count). The fourth-order valence-electron chi connectivity index (χ4n) is 3.99. The number of benzene rings is 1. The van der Waals surface area contributed by atoms with Gasteiger partial charge in [0.2, 0.25) is 11.8 Å². The van der Waals surface area contributed by atoms with Crippen LogP contribution in [0, 0.1) is 0 Å². The van der Waals surface area contributed by atoms with Crippen molar-refractivity contribution >= 4 is 34.7 Å². The van der Waals surface area contributed by atoms with Crippen molar-refractivity contribution in [2.75, 3.05) is 6.54 Å². The van der Waals surface area contributed by atoms with Crippen molar-refractivity contribution in [3.63, 3.8) is 0 Å². The summed E-state index contributed by atoms with van der Waals surface area (Å²) in [7, 11) is 0. The quantitative estimate of drug-likeness (QED) is 0.224. The Bertz CT molecular complexity index is 1360. The van der Waals surface area contributed by atoms with E-state index in [1.807, 2.05) is 30.3 Å². The number of alkyl halides is 6. The molecule has 3 atom stereocenters. The first-order valence-corrected chi connectivity index (χ1v) is 12.9. The molecular weight excluding hydrogens is 604 g/mol. The zero-order chi connectivity index (χ0) is 33.1. The number of piperidine rings is 1. The molecule has 1 unspecified atom stereocenters. The number of hydrogen-bond donors (Lipinski definition) is 6. The second kappa shape index (κ2) is 15.7. The molecule has 3 heterocycles. The number of carboxylic acid groups (broad SMARTS) is 2. The summed E-state index contributed by atoms with van der Waals surface area (Å²) < 4.78 is 63.5. The lowest BCUT2D eigenvalue weighted by atomic mass is 9.86. The van der Waals surface area contributed by atoms with Crippen LogP contribution < -0.4 is 16.0 Å². The first-order chi connectivity index (χ1) is 20.5. The first-order valence-electron chi connectivity index (χ1n) is 12.9. The van der Waals surface area contributed by atoms with Crippen LogP contribution in [0.2, 0.25) is 0 Å². The van der Waals surface area contributed by atoms with Gasteiger partial charge in [-0.2, -0.15) is 26.3 Å². The maximum atomic E-state index is 12.7. The minimum Gasteiger partial charge on any atom is -0.475 e. The molecule has 11 nitrogen and oxygen atoms in total. The Kier molecular flexibility index (Phi) is 12.7. The normalized spacial score (nSPS) is 17.2. The molecule has 6 N–H and O–H groups in total. The van der Waals surface area contributed by atoms with E-state index in [1.54, 1.807) is 19.3 Å². The van der Waals surface area contributed by atoms with Gasteiger partial charge in [-0.05, 0) is 49.9 Å². The second-order valence-electron chi connectivity index (χ2n) is 9.45. The van der Waals surface area contributed by atoms with Gasteiger partial charge in [-0.25, -0.2) is 9.59 Å². The van der Waals surface area contributed by atoms with Gasteiger partial charge in [0.05, 0.1) is 12.6 Å². The Morgan fingerprint density at radius 2 is 1.59 bits per heavy atom. The first kappa shape index (κ1) is 35.5. The van der Waals surface area contributed by atoms with Crippen LogP contribution in [0.5, 0.6) is 0 Å². The zero-order valence-corrected chi connectivity index (χ0v) is 23.0. The summed E-state index contributed by atoms with van der Waals surface area (Å²) in [6, 6.07) is 13.2. The Balaban J connectivity index is 0.000000402. The number of aromatic amines is 1. The third-order valence-electron chi connectivity index (χ3n) is 6.16. The molecule has 1 fully saturated rings. The van der Waals surface area contributed by atoms with Gasteiger partial charge < -0.3 is 31.1 Å². The molecule has 0 bridgehead atoms. The van der Waals surface area contributed by atoms with Crippen LogP contribution in [-0.2, 0) is 25.7 Å². The number of carbonyl (C=O) groups is 4. The molecule has 0 saturated carbocycles. The monoisotopic (exact) mass is 633 g/mol. The lowest BCUT2D eigenvalue weighted by Gasteiger charge is -2.30. The predicted octanol–water partition coefficient (Wildman–Crippen LogP) is 3.49. The number of aromatic nitrogens is 2. The SMILES string of the molecule is CC(NC(=O)[C@H]1C[C@@H](c2ccccc2)CCN1)C(=O)NCc1cc2cnccc2[nH]1.O=C(O)C(F)(F)F.O=C(O)C(F)(F)F. The van der Waals surface area contributed by atoms with Crippen molar-refractivity contribution < 1.29 is 55.7 Å². The van der Waals surface area contributed by atoms with E-state index in [4.69, 9.17) is 19.8 Å². The van der Waals surface area contributed by atoms with Crippen molar-refractivity contribution in [3.05, 3.63) is 66.1 Å². The molecule has 44 heavy (non-hydrogen) atoms. The van der Waals surface area contributed by atoms with E-state index in [0.29, 0.717) is 12.5 Å². The molecule has 3 aromatic rings. The van der Waals surface area contributed by atoms with Crippen LogP contribution in [-0.4, -0.2) is 74.9 Å². The summed E-state index contributed by atoms with van der Waals surface area (Å²) in [5.74, 6) is -5.51. The van der Waals surface area contributed by atoms with Crippen LogP contribution >= 0.6 is 0 Å². The highest BCUT2D eigenvalue weighted by molar-refractivity contribution is 5.89. The third-order valence-corrected chi connectivity index (χ3v) is 6.16. The molecule has 0 radical (unpaired) electrons. The fourth-order valence-corrected chi connectivity index (χ4v) is 3.99. The maximum Gasteiger partial charge on any atom is 0.490 e. The van der Waals surface area contributed by atoms with Gasteiger partial charge >= 0.3 is 24.3 Å². The molecule has 240 valence electrons. The Labute approximate surface area is 246 Å². The zero-order valence-electron chi connectivity index (χ0n) is 23.0. The average Bonchev–Trinajstić information content (AvgIpc) is 3.39. The van der Waals surface area contributed by atoms with E-state index in [1.165, 1.54) is 5.56 Å². The van der Waals surface area contributed by atoms with Crippen LogP contribution in [0.3, 0.4) is 0 Å². The summed E-state index contributed by atoms with van der Waals surface area (Å²) >= 11 is 0. The smallest absolute Gasteiger partial charge is 0.475 e. The van der Waals surface area contributed by atoms with Gasteiger partial charge in [-0.1, -0.05) is 30.3 Å². The van der Waals surface area contributed by atoms with E-state index >= 15 is 0 Å². The van der Waals surface area contributed by atoms with Gasteiger partial charge in [0, 0.05) is 29.0 Å². The topological polar surface area (TPSA) is 174 Å². The number of H-pyrrole nitrogens is 1. The minimum absolute atomic E-state index is 0.130. The summed E-state index contributed by atoms with van der Waals surface area (Å²) in [6.45, 7) is 2.86. The van der Waals surface area contributed by atoms with Gasteiger partial charge in [0.15, 0.2) is 0 Å². The van der Waals surface area contributed by atoms with Crippen LogP contribution in [0.4, 0.5) is 26.3 Å². The van der Waals surface area contributed by atoms with Crippen LogP contribution in [0.1, 0.15) is 36.9 Å². The van der Waals surface area contributed by atoms with Gasteiger partial charge in [-0.3, -0.25) is 14.6 Å². The largest absolute Gasteiger partial charge is 0.490 e. The number of hydrogen-bond acceptors (Lipinski definition) is 6. The Hall–Kier alpha value is -4.67. The molecule has 1 aliphatic rings. The second-order valence-corrected chi connectivity index (χ2v) is 9.45. The van der Waals surface area contributed by atoms with E-state index in [9.17, 15) is 35.9 Å². The summed E-state index contributed by atoms with van der Waals surface area (Å²) in [4.78, 5) is 50.3. The molecule has 1 saturated heterocycles. The molecule has 1 aliphatic heterocycles. The Morgan fingerprint density at radius 1 is 1.00 bits per heavy atom. The number of aliphatic carboxylic acids is 2. The lowest BCUT2D eigenvalue weighted by Crippen LogP contribution is -2.53. The van der Waals surface area contributed by atoms with Gasteiger partial charge in [0.25, 0.3) is 0 Å². The van der Waals surface area contributed by atoms with Crippen molar-refractivity contribution in [1.29, 1.82) is 0 Å². The van der Waals surface area contributed by atoms with Gasteiger partial charge in [0.1, 0.15) is 6.04 Å². The Morgan fingerprint density at radius 3 is 2.14 bits per heavy atom. The van der Waals surface area contributed by atoms with Crippen molar-refractivity contribution in [3.8, 4) is 0 Å². The molecule has 0 aliphatic carbocycles. The standard InChI is InChI=1S/C23H27N5O2.2C2HF3O2/c1-15(22(29)26-14-19-11-18-13-24-9-8-20(18)28-19)27-23(30)21-12-17(7-10-25-21)16-5-3-2-4-6-16;2*3-2(4,5)1(6)7/h2-6,8-9,11,13,15,17,21,25,28H,7,10,12,14H2,1H3,(H,26,29)(H,27,30);2*(H,6,7)/t15?,17-,21+;;/m0../s1. The third kappa shape index (κ3) is 11.5. The molecule has 2 aromatic heterocycles. The summed E-state index contributed by atoms with van der Waals surface area (Å²) in [6.07, 6.45) is -4.93. The number of carbonyl (C=O) groups excluding carboxylic acids is 2. The highest BCUT2D eigenvalue weighted by Gasteiger charge is 2.39. The molecular formula is C27H29F6N5O6. The fraction of sp³-hybridized carbons (Fsp3) is 0.370. The van der Waals surface area contributed by atoms with Crippen LogP contribution in [0.25, 0.3) is 10.9 Å². The highest BCUT2D eigenvalue weighted by Crippen LogP contribution is 2.27. The number of nitrogens with zero attached hydrogens (tertiary/aromatic N) is 1. The number of nitrogens with one attached hydrogen (secondary N) is 4. The van der Waals surface area contributed by atoms with E-state index < -0.39 is 30.3 Å². The number of amides is 2. The number of carboxylic acids is 2. The minimum atomic E-state index is -5.08. The predicted molar refractivity (Wildman–Crippen MR) is 143 cm³/mol. The highest BCUT2D eigenvalue weighted by atomic mass is 19.4. The van der Waals surface area contributed by atoms with E-state index in [0.717, 1.165) is 36.0 Å².